The number of aliphatic carboxylic acids is 1. The zero-order valence-corrected chi connectivity index (χ0v) is 16.1. The molecule has 0 aromatic carbocycles. The van der Waals surface area contributed by atoms with Crippen LogP contribution in [-0.4, -0.2) is 82.1 Å². The smallest absolute Gasteiger partial charge is 0.328 e. The molecule has 0 bridgehead atoms. The zero-order chi connectivity index (χ0) is 21.1. The number of nitrogens with one attached hydrogen (secondary N) is 3. The highest BCUT2D eigenvalue weighted by molar-refractivity contribution is 7.80. The fourth-order valence-corrected chi connectivity index (χ4v) is 2.16. The van der Waals surface area contributed by atoms with E-state index in [9.17, 15) is 24.3 Å². The fourth-order valence-electron chi connectivity index (χ4n) is 1.90. The standard InChI is InChI=1S/C15H28N4O7S/c1-3-7(2)11(16)14(24)17-8(4-20)12(22)19-10(6-27)13(23)18-9(5-21)15(25)26/h7-11,20-21,27H,3-6,16H2,1-2H3,(H,17,24)(H,18,23)(H,19,22)(H,25,26). The largest absolute Gasteiger partial charge is 0.480 e. The molecule has 0 heterocycles. The maximum atomic E-state index is 12.2. The molecule has 0 aliphatic heterocycles. The summed E-state index contributed by atoms with van der Waals surface area (Å²) in [7, 11) is 0. The number of hydrogen-bond donors (Lipinski definition) is 8. The molecule has 0 fully saturated rings. The van der Waals surface area contributed by atoms with Crippen molar-refractivity contribution < 1.29 is 34.5 Å². The Kier molecular flexibility index (Phi) is 11.6. The molecule has 0 spiro atoms. The van der Waals surface area contributed by atoms with Crippen molar-refractivity contribution in [1.82, 2.24) is 16.0 Å². The van der Waals surface area contributed by atoms with Gasteiger partial charge in [0.05, 0.1) is 19.3 Å². The summed E-state index contributed by atoms with van der Waals surface area (Å²) in [6.07, 6.45) is 0.641. The predicted octanol–water partition coefficient (Wildman–Crippen LogP) is -3.19. The Morgan fingerprint density at radius 2 is 1.37 bits per heavy atom. The van der Waals surface area contributed by atoms with Crippen LogP contribution in [-0.2, 0) is 19.2 Å². The molecule has 0 radical (unpaired) electrons. The first-order valence-electron chi connectivity index (χ1n) is 8.34. The van der Waals surface area contributed by atoms with Crippen LogP contribution in [0.4, 0.5) is 0 Å². The molecule has 0 saturated carbocycles. The summed E-state index contributed by atoms with van der Waals surface area (Å²) < 4.78 is 0. The molecule has 5 unspecified atom stereocenters. The highest BCUT2D eigenvalue weighted by atomic mass is 32.1. The molecule has 0 rings (SSSR count). The Labute approximate surface area is 162 Å². The third-order valence-corrected chi connectivity index (χ3v) is 4.35. The maximum Gasteiger partial charge on any atom is 0.328 e. The average Bonchev–Trinajstić information content (AvgIpc) is 2.65. The Hall–Kier alpha value is -1.89. The Morgan fingerprint density at radius 1 is 0.926 bits per heavy atom. The van der Waals surface area contributed by atoms with E-state index in [1.165, 1.54) is 0 Å². The summed E-state index contributed by atoms with van der Waals surface area (Å²) in [4.78, 5) is 47.2. The van der Waals surface area contributed by atoms with Crippen molar-refractivity contribution in [1.29, 1.82) is 0 Å². The van der Waals surface area contributed by atoms with Gasteiger partial charge in [0.1, 0.15) is 18.1 Å². The SMILES string of the molecule is CCC(C)C(N)C(=O)NC(CO)C(=O)NC(CS)C(=O)NC(CO)C(=O)O. The number of carbonyl (C=O) groups excluding carboxylic acids is 3. The average molecular weight is 408 g/mol. The first-order valence-corrected chi connectivity index (χ1v) is 8.98. The van der Waals surface area contributed by atoms with Gasteiger partial charge in [-0.3, -0.25) is 14.4 Å². The van der Waals surface area contributed by atoms with Crippen molar-refractivity contribution in [2.24, 2.45) is 11.7 Å². The van der Waals surface area contributed by atoms with Crippen LogP contribution < -0.4 is 21.7 Å². The van der Waals surface area contributed by atoms with Gasteiger partial charge in [-0.25, -0.2) is 4.79 Å². The molecule has 0 aromatic heterocycles. The lowest BCUT2D eigenvalue weighted by atomic mass is 9.99. The number of carboxylic acid groups (broad SMARTS) is 1. The van der Waals surface area contributed by atoms with Crippen LogP contribution in [0.25, 0.3) is 0 Å². The third kappa shape index (κ3) is 8.12. The lowest BCUT2D eigenvalue weighted by Gasteiger charge is -2.24. The molecular weight excluding hydrogens is 380 g/mol. The van der Waals surface area contributed by atoms with Crippen LogP contribution in [0.2, 0.25) is 0 Å². The number of nitrogens with two attached hydrogens (primary N) is 1. The summed E-state index contributed by atoms with van der Waals surface area (Å²) in [6, 6.07) is -5.01. The zero-order valence-electron chi connectivity index (χ0n) is 15.2. The van der Waals surface area contributed by atoms with Crippen molar-refractivity contribution in [2.45, 2.75) is 44.4 Å². The number of thiol groups is 1. The molecule has 8 N–H and O–H groups in total. The summed E-state index contributed by atoms with van der Waals surface area (Å²) in [5.74, 6) is -4.17. The summed E-state index contributed by atoms with van der Waals surface area (Å²) in [6.45, 7) is 2.04. The monoisotopic (exact) mass is 408 g/mol. The van der Waals surface area contributed by atoms with Gasteiger partial charge in [-0.1, -0.05) is 20.3 Å². The number of carbonyl (C=O) groups is 4. The molecular formula is C15H28N4O7S. The Balaban J connectivity index is 4.93. The number of carboxylic acids is 1. The third-order valence-electron chi connectivity index (χ3n) is 3.99. The lowest BCUT2D eigenvalue weighted by molar-refractivity contribution is -0.143. The predicted molar refractivity (Wildman–Crippen MR) is 98.9 cm³/mol. The van der Waals surface area contributed by atoms with E-state index in [1.807, 2.05) is 12.2 Å². The van der Waals surface area contributed by atoms with Gasteiger partial charge >= 0.3 is 5.97 Å². The fraction of sp³-hybridized carbons (Fsp3) is 0.733. The van der Waals surface area contributed by atoms with Gasteiger partial charge in [-0.2, -0.15) is 12.6 Å². The molecule has 0 aliphatic carbocycles. The van der Waals surface area contributed by atoms with E-state index in [2.05, 4.69) is 23.3 Å². The van der Waals surface area contributed by atoms with E-state index in [4.69, 9.17) is 15.9 Å². The van der Waals surface area contributed by atoms with E-state index < -0.39 is 61.1 Å². The number of rotatable bonds is 12. The number of aliphatic hydroxyl groups excluding tert-OH is 2. The minimum Gasteiger partial charge on any atom is -0.480 e. The molecule has 0 aromatic rings. The second kappa shape index (κ2) is 12.5. The second-order valence-corrected chi connectivity index (χ2v) is 6.35. The van der Waals surface area contributed by atoms with Gasteiger partial charge < -0.3 is 37.0 Å². The minimum atomic E-state index is -1.54. The van der Waals surface area contributed by atoms with E-state index in [1.54, 1.807) is 6.92 Å². The minimum absolute atomic E-state index is 0.144. The van der Waals surface area contributed by atoms with Crippen LogP contribution >= 0.6 is 12.6 Å². The van der Waals surface area contributed by atoms with Gasteiger partial charge in [0.2, 0.25) is 17.7 Å². The van der Waals surface area contributed by atoms with Gasteiger partial charge in [0.15, 0.2) is 0 Å². The maximum absolute atomic E-state index is 12.2. The molecule has 0 saturated heterocycles. The highest BCUT2D eigenvalue weighted by Crippen LogP contribution is 2.05. The summed E-state index contributed by atoms with van der Waals surface area (Å²) in [5.41, 5.74) is 5.77. The topological polar surface area (TPSA) is 191 Å². The molecule has 27 heavy (non-hydrogen) atoms. The molecule has 156 valence electrons. The second-order valence-electron chi connectivity index (χ2n) is 5.98. The van der Waals surface area contributed by atoms with E-state index in [0.29, 0.717) is 6.42 Å². The number of amides is 3. The number of hydrogen-bond acceptors (Lipinski definition) is 8. The van der Waals surface area contributed by atoms with Gasteiger partial charge in [0, 0.05) is 5.75 Å². The summed E-state index contributed by atoms with van der Waals surface area (Å²) >= 11 is 3.92. The highest BCUT2D eigenvalue weighted by Gasteiger charge is 2.30. The van der Waals surface area contributed by atoms with E-state index >= 15 is 0 Å². The van der Waals surface area contributed by atoms with E-state index in [0.717, 1.165) is 0 Å². The van der Waals surface area contributed by atoms with Crippen LogP contribution in [0.1, 0.15) is 20.3 Å². The molecule has 5 atom stereocenters. The van der Waals surface area contributed by atoms with Crippen LogP contribution in [0.15, 0.2) is 0 Å². The quantitative estimate of drug-likeness (QED) is 0.155. The summed E-state index contributed by atoms with van der Waals surface area (Å²) in [5, 5.41) is 33.7. The van der Waals surface area contributed by atoms with Crippen molar-refractivity contribution >= 4 is 36.3 Å². The Morgan fingerprint density at radius 3 is 1.78 bits per heavy atom. The van der Waals surface area contributed by atoms with Gasteiger partial charge in [0.25, 0.3) is 0 Å². The molecule has 3 amide bonds. The van der Waals surface area contributed by atoms with Gasteiger partial charge in [-0.05, 0) is 5.92 Å². The lowest BCUT2D eigenvalue weighted by Crippen LogP contribution is -2.59. The van der Waals surface area contributed by atoms with Crippen molar-refractivity contribution in [3.63, 3.8) is 0 Å². The Bertz CT molecular complexity index is 534. The first kappa shape index (κ1) is 25.1. The molecule has 11 nitrogen and oxygen atoms in total. The normalized spacial score (nSPS) is 16.4. The van der Waals surface area contributed by atoms with Crippen molar-refractivity contribution in [3.8, 4) is 0 Å². The van der Waals surface area contributed by atoms with Crippen molar-refractivity contribution in [2.75, 3.05) is 19.0 Å². The van der Waals surface area contributed by atoms with E-state index in [-0.39, 0.29) is 11.7 Å². The molecule has 0 aliphatic rings. The van der Waals surface area contributed by atoms with Crippen LogP contribution in [0.5, 0.6) is 0 Å². The molecule has 12 heteroatoms. The number of aliphatic hydroxyl groups is 2. The van der Waals surface area contributed by atoms with Crippen LogP contribution in [0, 0.1) is 5.92 Å². The first-order chi connectivity index (χ1) is 12.6. The van der Waals surface area contributed by atoms with Crippen LogP contribution in [0.3, 0.4) is 0 Å². The van der Waals surface area contributed by atoms with Crippen molar-refractivity contribution in [3.05, 3.63) is 0 Å². The van der Waals surface area contributed by atoms with Gasteiger partial charge in [-0.15, -0.1) is 0 Å².